The van der Waals surface area contributed by atoms with Gasteiger partial charge in [0.15, 0.2) is 0 Å². The molecule has 0 saturated carbocycles. The normalized spacial score (nSPS) is 12.1. The average Bonchev–Trinajstić information content (AvgIpc) is 1.83. The van der Waals surface area contributed by atoms with Crippen LogP contribution in [-0.4, -0.2) is 24.9 Å². The molecule has 0 rings (SSSR count). The molecule has 5 nitrogen and oxygen atoms in total. The highest BCUT2D eigenvalue weighted by atomic mass is 16.2. The summed E-state index contributed by atoms with van der Waals surface area (Å²) in [5, 5.41) is 2.18. The molecule has 9 heavy (non-hydrogen) atoms. The highest BCUT2D eigenvalue weighted by Gasteiger charge is 1.98. The van der Waals surface area contributed by atoms with E-state index in [1.165, 1.54) is 0 Å². The SMILES string of the molecule is NC(=O)NC[C@H](N)C=O. The van der Waals surface area contributed by atoms with Crippen LogP contribution in [0.25, 0.3) is 0 Å². The molecule has 0 aromatic heterocycles. The Morgan fingerprint density at radius 3 is 2.67 bits per heavy atom. The summed E-state index contributed by atoms with van der Waals surface area (Å²) in [6, 6.07) is -1.33. The summed E-state index contributed by atoms with van der Waals surface area (Å²) in [7, 11) is 0. The van der Waals surface area contributed by atoms with E-state index in [0.717, 1.165) is 0 Å². The average molecular weight is 131 g/mol. The quantitative estimate of drug-likeness (QED) is 0.393. The van der Waals surface area contributed by atoms with E-state index >= 15 is 0 Å². The van der Waals surface area contributed by atoms with Crippen molar-refractivity contribution in [3.8, 4) is 0 Å². The molecular formula is C4H9N3O2. The van der Waals surface area contributed by atoms with E-state index in [1.807, 2.05) is 0 Å². The van der Waals surface area contributed by atoms with Gasteiger partial charge in [0.05, 0.1) is 6.04 Å². The van der Waals surface area contributed by atoms with Crippen LogP contribution in [0.15, 0.2) is 0 Å². The molecule has 0 aliphatic carbocycles. The lowest BCUT2D eigenvalue weighted by atomic mass is 10.3. The van der Waals surface area contributed by atoms with Crippen LogP contribution in [0.4, 0.5) is 4.79 Å². The van der Waals surface area contributed by atoms with Crippen molar-refractivity contribution in [2.75, 3.05) is 6.54 Å². The van der Waals surface area contributed by atoms with Crippen molar-refractivity contribution in [1.29, 1.82) is 0 Å². The van der Waals surface area contributed by atoms with Crippen molar-refractivity contribution >= 4 is 12.3 Å². The van der Waals surface area contributed by atoms with Crippen LogP contribution in [0.3, 0.4) is 0 Å². The zero-order valence-corrected chi connectivity index (χ0v) is 4.83. The minimum Gasteiger partial charge on any atom is -0.352 e. The standard InChI is InChI=1S/C4H9N3O2/c5-3(2-8)1-7-4(6)9/h2-3H,1,5H2,(H3,6,7,9)/t3-/m0/s1. The van der Waals surface area contributed by atoms with E-state index in [0.29, 0.717) is 6.29 Å². The molecule has 52 valence electrons. The molecule has 0 bridgehead atoms. The number of rotatable bonds is 3. The number of nitrogens with two attached hydrogens (primary N) is 2. The first-order chi connectivity index (χ1) is 4.16. The fraction of sp³-hybridized carbons (Fsp3) is 0.500. The summed E-state index contributed by atoms with van der Waals surface area (Å²) in [6.45, 7) is 0.0961. The number of primary amides is 1. The Hall–Kier alpha value is -1.10. The van der Waals surface area contributed by atoms with Gasteiger partial charge in [0.2, 0.25) is 0 Å². The molecule has 0 fully saturated rings. The number of carbonyl (C=O) groups is 2. The predicted molar refractivity (Wildman–Crippen MR) is 31.6 cm³/mol. The van der Waals surface area contributed by atoms with Gasteiger partial charge in [-0.05, 0) is 0 Å². The number of carbonyl (C=O) groups excluding carboxylic acids is 2. The fourth-order valence-corrected chi connectivity index (χ4v) is 0.267. The first-order valence-electron chi connectivity index (χ1n) is 2.41. The number of nitrogens with one attached hydrogen (secondary N) is 1. The van der Waals surface area contributed by atoms with Gasteiger partial charge in [0.1, 0.15) is 6.29 Å². The number of hydrogen-bond donors (Lipinski definition) is 3. The van der Waals surface area contributed by atoms with Crippen molar-refractivity contribution in [1.82, 2.24) is 5.32 Å². The lowest BCUT2D eigenvalue weighted by molar-refractivity contribution is -0.108. The molecule has 5 heteroatoms. The maximum Gasteiger partial charge on any atom is 0.312 e. The minimum atomic E-state index is -0.674. The van der Waals surface area contributed by atoms with Crippen molar-refractivity contribution < 1.29 is 9.59 Å². The van der Waals surface area contributed by atoms with Crippen LogP contribution < -0.4 is 16.8 Å². The molecular weight excluding hydrogens is 122 g/mol. The fourth-order valence-electron chi connectivity index (χ4n) is 0.267. The van der Waals surface area contributed by atoms with Crippen LogP contribution in [0.1, 0.15) is 0 Å². The maximum absolute atomic E-state index is 9.96. The Bertz CT molecular complexity index is 114. The number of urea groups is 1. The highest BCUT2D eigenvalue weighted by molar-refractivity contribution is 5.72. The molecule has 0 radical (unpaired) electrons. The van der Waals surface area contributed by atoms with E-state index in [1.54, 1.807) is 0 Å². The second kappa shape index (κ2) is 3.85. The summed E-state index contributed by atoms with van der Waals surface area (Å²) < 4.78 is 0. The molecule has 0 spiro atoms. The molecule has 0 unspecified atom stereocenters. The molecule has 0 heterocycles. The summed E-state index contributed by atoms with van der Waals surface area (Å²) in [5.74, 6) is 0. The van der Waals surface area contributed by atoms with Gasteiger partial charge in [-0.1, -0.05) is 0 Å². The third kappa shape index (κ3) is 4.76. The largest absolute Gasteiger partial charge is 0.352 e. The first-order valence-corrected chi connectivity index (χ1v) is 2.41. The summed E-state index contributed by atoms with van der Waals surface area (Å²) >= 11 is 0. The molecule has 0 aliphatic rings. The zero-order valence-electron chi connectivity index (χ0n) is 4.83. The molecule has 5 N–H and O–H groups in total. The van der Waals surface area contributed by atoms with Gasteiger partial charge in [0, 0.05) is 6.54 Å². The molecule has 2 amide bonds. The number of aldehydes is 1. The van der Waals surface area contributed by atoms with Crippen LogP contribution in [0.2, 0.25) is 0 Å². The summed E-state index contributed by atoms with van der Waals surface area (Å²) in [6.07, 6.45) is 0.538. The Morgan fingerprint density at radius 1 is 1.78 bits per heavy atom. The Kier molecular flexibility index (Phi) is 3.38. The second-order valence-electron chi connectivity index (χ2n) is 1.55. The molecule has 0 aromatic carbocycles. The van der Waals surface area contributed by atoms with Gasteiger partial charge in [-0.15, -0.1) is 0 Å². The molecule has 1 atom stereocenters. The molecule has 0 aliphatic heterocycles. The van der Waals surface area contributed by atoms with Gasteiger partial charge >= 0.3 is 6.03 Å². The smallest absolute Gasteiger partial charge is 0.312 e. The first kappa shape index (κ1) is 7.90. The highest BCUT2D eigenvalue weighted by Crippen LogP contribution is 1.65. The van der Waals surface area contributed by atoms with E-state index in [2.05, 4.69) is 11.1 Å². The molecule has 0 aromatic rings. The summed E-state index contributed by atoms with van der Waals surface area (Å²) in [4.78, 5) is 19.8. The van der Waals surface area contributed by atoms with Crippen molar-refractivity contribution in [3.63, 3.8) is 0 Å². The Balaban J connectivity index is 3.26. The number of amides is 2. The van der Waals surface area contributed by atoms with Gasteiger partial charge in [-0.2, -0.15) is 0 Å². The third-order valence-electron chi connectivity index (χ3n) is 0.687. The van der Waals surface area contributed by atoms with Gasteiger partial charge in [-0.25, -0.2) is 4.79 Å². The topological polar surface area (TPSA) is 98.2 Å². The van der Waals surface area contributed by atoms with Gasteiger partial charge in [-0.3, -0.25) is 0 Å². The van der Waals surface area contributed by atoms with E-state index in [9.17, 15) is 9.59 Å². The van der Waals surface area contributed by atoms with Crippen molar-refractivity contribution in [2.24, 2.45) is 11.5 Å². The Labute approximate surface area is 52.4 Å². The van der Waals surface area contributed by atoms with Gasteiger partial charge < -0.3 is 21.6 Å². The van der Waals surface area contributed by atoms with Crippen LogP contribution in [-0.2, 0) is 4.79 Å². The van der Waals surface area contributed by atoms with E-state index in [4.69, 9.17) is 5.73 Å². The lowest BCUT2D eigenvalue weighted by Crippen LogP contribution is -2.40. The summed E-state index contributed by atoms with van der Waals surface area (Å²) in [5.41, 5.74) is 9.76. The van der Waals surface area contributed by atoms with Crippen molar-refractivity contribution in [3.05, 3.63) is 0 Å². The van der Waals surface area contributed by atoms with E-state index < -0.39 is 12.1 Å². The maximum atomic E-state index is 9.96. The third-order valence-corrected chi connectivity index (χ3v) is 0.687. The van der Waals surface area contributed by atoms with Crippen molar-refractivity contribution in [2.45, 2.75) is 6.04 Å². The van der Waals surface area contributed by atoms with Crippen LogP contribution in [0.5, 0.6) is 0 Å². The second-order valence-corrected chi connectivity index (χ2v) is 1.55. The van der Waals surface area contributed by atoms with Crippen LogP contribution >= 0.6 is 0 Å². The van der Waals surface area contributed by atoms with Gasteiger partial charge in [0.25, 0.3) is 0 Å². The lowest BCUT2D eigenvalue weighted by Gasteiger charge is -2.01. The molecule has 0 saturated heterocycles. The Morgan fingerprint density at radius 2 is 2.33 bits per heavy atom. The van der Waals surface area contributed by atoms with E-state index in [-0.39, 0.29) is 6.54 Å². The zero-order chi connectivity index (χ0) is 7.28. The predicted octanol–water partition coefficient (Wildman–Crippen LogP) is -1.82. The minimum absolute atomic E-state index is 0.0961. The number of hydrogen-bond acceptors (Lipinski definition) is 3. The monoisotopic (exact) mass is 131 g/mol. The van der Waals surface area contributed by atoms with Crippen LogP contribution in [0, 0.1) is 0 Å².